The first kappa shape index (κ1) is 23.7. The molecule has 1 aliphatic heterocycles. The van der Waals surface area contributed by atoms with Crippen LogP contribution in [0.15, 0.2) is 48.5 Å². The van der Waals surface area contributed by atoms with E-state index in [2.05, 4.69) is 0 Å². The van der Waals surface area contributed by atoms with Gasteiger partial charge in [-0.3, -0.25) is 39.4 Å². The van der Waals surface area contributed by atoms with Crippen LogP contribution in [0.25, 0.3) is 0 Å². The Balaban J connectivity index is 1.72. The van der Waals surface area contributed by atoms with Gasteiger partial charge in [0.1, 0.15) is 12.1 Å². The fraction of sp³-hybridized carbons (Fsp3) is 0.304. The molecule has 1 saturated carbocycles. The summed E-state index contributed by atoms with van der Waals surface area (Å²) in [5.41, 5.74) is -1.16. The lowest BCUT2D eigenvalue weighted by molar-refractivity contribution is -0.385. The van der Waals surface area contributed by atoms with E-state index in [1.54, 1.807) is 0 Å². The number of hydrazine groups is 1. The van der Waals surface area contributed by atoms with Gasteiger partial charge in [0.2, 0.25) is 0 Å². The number of imide groups is 1. The molecule has 3 amide bonds. The Hall–Kier alpha value is -4.48. The largest absolute Gasteiger partial charge is 0.292 e. The fourth-order valence-electron chi connectivity index (χ4n) is 4.57. The van der Waals surface area contributed by atoms with E-state index >= 15 is 0 Å². The third kappa shape index (κ3) is 4.37. The summed E-state index contributed by atoms with van der Waals surface area (Å²) in [5, 5.41) is 23.7. The van der Waals surface area contributed by atoms with Crippen LogP contribution in [0.3, 0.4) is 0 Å². The summed E-state index contributed by atoms with van der Waals surface area (Å²) >= 11 is 0. The maximum absolute atomic E-state index is 13.5. The van der Waals surface area contributed by atoms with E-state index < -0.39 is 57.4 Å². The number of rotatable bonds is 7. The van der Waals surface area contributed by atoms with Gasteiger partial charge in [0.25, 0.3) is 29.1 Å². The number of nitrogens with zero attached hydrogens (tertiary/aromatic N) is 4. The molecule has 0 radical (unpaired) electrons. The lowest BCUT2D eigenvalue weighted by Gasteiger charge is -2.30. The van der Waals surface area contributed by atoms with Crippen LogP contribution in [0.5, 0.6) is 0 Å². The van der Waals surface area contributed by atoms with Gasteiger partial charge < -0.3 is 0 Å². The smallest absolute Gasteiger partial charge is 0.282 e. The normalized spacial score (nSPS) is 19.3. The summed E-state index contributed by atoms with van der Waals surface area (Å²) in [6, 6.07) is 9.66. The average Bonchev–Trinajstić information content (AvgIpc) is 3.12. The van der Waals surface area contributed by atoms with Gasteiger partial charge in [-0.05, 0) is 31.0 Å². The summed E-state index contributed by atoms with van der Waals surface area (Å²) in [5.74, 6) is -4.24. The Labute approximate surface area is 198 Å². The molecule has 1 heterocycles. The molecular weight excluding hydrogens is 460 g/mol. The Morgan fingerprint density at radius 2 is 1.46 bits per heavy atom. The number of carbonyl (C=O) groups excluding carboxylic acids is 4. The highest BCUT2D eigenvalue weighted by molar-refractivity contribution is 6.10. The van der Waals surface area contributed by atoms with Crippen molar-refractivity contribution >= 4 is 34.9 Å². The van der Waals surface area contributed by atoms with E-state index in [4.69, 9.17) is 0 Å². The van der Waals surface area contributed by atoms with Crippen LogP contribution in [0.1, 0.15) is 46.4 Å². The molecule has 2 fully saturated rings. The monoisotopic (exact) mass is 480 g/mol. The van der Waals surface area contributed by atoms with E-state index in [0.29, 0.717) is 22.9 Å². The summed E-state index contributed by atoms with van der Waals surface area (Å²) < 4.78 is 0. The Morgan fingerprint density at radius 3 is 2.00 bits per heavy atom. The summed E-state index contributed by atoms with van der Waals surface area (Å²) in [4.78, 5) is 73.9. The highest BCUT2D eigenvalue weighted by Crippen LogP contribution is 2.39. The molecule has 0 unspecified atom stereocenters. The van der Waals surface area contributed by atoms with Gasteiger partial charge in [0.05, 0.1) is 21.7 Å². The van der Waals surface area contributed by atoms with E-state index in [1.807, 2.05) is 0 Å². The number of fused-ring (bicyclic) bond motifs is 1. The first-order chi connectivity index (χ1) is 16.7. The minimum Gasteiger partial charge on any atom is -0.292 e. The van der Waals surface area contributed by atoms with E-state index in [9.17, 15) is 39.4 Å². The number of para-hydroxylation sites is 1. The van der Waals surface area contributed by atoms with Crippen molar-refractivity contribution in [2.75, 3.05) is 6.54 Å². The Bertz CT molecular complexity index is 1220. The van der Waals surface area contributed by atoms with E-state index in [-0.39, 0.29) is 16.8 Å². The molecule has 0 spiro atoms. The van der Waals surface area contributed by atoms with Gasteiger partial charge in [-0.2, -0.15) is 5.01 Å². The molecule has 2 atom stereocenters. The van der Waals surface area contributed by atoms with Crippen LogP contribution in [0.2, 0.25) is 0 Å². The number of ketones is 1. The number of nitro benzene ring substituents is 2. The molecule has 0 bridgehead atoms. The third-order valence-corrected chi connectivity index (χ3v) is 6.32. The zero-order chi connectivity index (χ0) is 25.3. The average molecular weight is 480 g/mol. The summed E-state index contributed by atoms with van der Waals surface area (Å²) in [7, 11) is 0. The number of nitro groups is 2. The topological polar surface area (TPSA) is 161 Å². The molecule has 12 heteroatoms. The number of carbonyl (C=O) groups is 4. The van der Waals surface area contributed by atoms with Crippen LogP contribution in [0.4, 0.5) is 11.4 Å². The molecular formula is C23H20N4O8. The van der Waals surface area contributed by atoms with Crippen molar-refractivity contribution in [3.63, 3.8) is 0 Å². The minimum absolute atomic E-state index is 0.00692. The highest BCUT2D eigenvalue weighted by Gasteiger charge is 2.52. The number of non-ortho nitro benzene ring substituents is 1. The van der Waals surface area contributed by atoms with Crippen molar-refractivity contribution in [2.24, 2.45) is 11.8 Å². The Kier molecular flexibility index (Phi) is 6.36. The lowest BCUT2D eigenvalue weighted by Crippen LogP contribution is -2.52. The second-order valence-electron chi connectivity index (χ2n) is 8.35. The van der Waals surface area contributed by atoms with Crippen molar-refractivity contribution in [1.29, 1.82) is 0 Å². The van der Waals surface area contributed by atoms with Crippen molar-refractivity contribution < 1.29 is 29.0 Å². The number of hydrogen-bond acceptors (Lipinski definition) is 8. The van der Waals surface area contributed by atoms with Crippen LogP contribution < -0.4 is 0 Å². The quantitative estimate of drug-likeness (QED) is 0.253. The van der Waals surface area contributed by atoms with Crippen molar-refractivity contribution in [3.05, 3.63) is 79.9 Å². The molecule has 35 heavy (non-hydrogen) atoms. The van der Waals surface area contributed by atoms with Gasteiger partial charge >= 0.3 is 0 Å². The number of hydrogen-bond donors (Lipinski definition) is 0. The van der Waals surface area contributed by atoms with Crippen molar-refractivity contribution in [1.82, 2.24) is 10.0 Å². The first-order valence-corrected chi connectivity index (χ1v) is 10.9. The SMILES string of the molecule is O=C(CN(C(=O)c1ccccc1[N+](=O)[O-])N1C(=O)[C@H]2CCCC[C@@H]2C1=O)c1ccc([N+](=O)[O-])cc1. The lowest BCUT2D eigenvalue weighted by atomic mass is 9.81. The number of Topliss-reactive ketones (excluding diaryl/α,β-unsaturated/α-hetero) is 1. The van der Waals surface area contributed by atoms with Crippen LogP contribution in [0, 0.1) is 32.1 Å². The second kappa shape index (κ2) is 9.41. The molecule has 4 rings (SSSR count). The fourth-order valence-corrected chi connectivity index (χ4v) is 4.57. The summed E-state index contributed by atoms with van der Waals surface area (Å²) in [6.07, 6.45) is 2.42. The van der Waals surface area contributed by atoms with Gasteiger partial charge in [-0.25, -0.2) is 5.01 Å². The predicted octanol–water partition coefficient (Wildman–Crippen LogP) is 2.92. The molecule has 2 aliphatic rings. The summed E-state index contributed by atoms with van der Waals surface area (Å²) in [6.45, 7) is -0.764. The van der Waals surface area contributed by atoms with Gasteiger partial charge in [0.15, 0.2) is 5.78 Å². The van der Waals surface area contributed by atoms with Crippen molar-refractivity contribution in [3.8, 4) is 0 Å². The number of amides is 3. The molecule has 12 nitrogen and oxygen atoms in total. The maximum Gasteiger partial charge on any atom is 0.282 e. The Morgan fingerprint density at radius 1 is 0.886 bits per heavy atom. The molecule has 1 aliphatic carbocycles. The van der Waals surface area contributed by atoms with Crippen molar-refractivity contribution in [2.45, 2.75) is 25.7 Å². The minimum atomic E-state index is -1.05. The first-order valence-electron chi connectivity index (χ1n) is 10.9. The second-order valence-corrected chi connectivity index (χ2v) is 8.35. The number of benzene rings is 2. The zero-order valence-electron chi connectivity index (χ0n) is 18.4. The standard InChI is InChI=1S/C23H20N4O8/c28-20(14-9-11-15(12-10-14)26(32)33)13-24(21(29)18-7-3-4-8-19(18)27(34)35)25-22(30)16-5-1-2-6-17(16)23(25)31/h3-4,7-12,16-17H,1-2,5-6,13H2/t16-,17-/m0/s1. The highest BCUT2D eigenvalue weighted by atomic mass is 16.6. The maximum atomic E-state index is 13.5. The third-order valence-electron chi connectivity index (χ3n) is 6.32. The van der Waals surface area contributed by atoms with Gasteiger partial charge in [-0.1, -0.05) is 25.0 Å². The molecule has 2 aromatic rings. The molecule has 0 aromatic heterocycles. The van der Waals surface area contributed by atoms with Gasteiger partial charge in [-0.15, -0.1) is 0 Å². The zero-order valence-corrected chi connectivity index (χ0v) is 18.4. The van der Waals surface area contributed by atoms with E-state index in [1.165, 1.54) is 30.3 Å². The molecule has 0 N–H and O–H groups in total. The van der Waals surface area contributed by atoms with Crippen LogP contribution in [-0.2, 0) is 9.59 Å². The van der Waals surface area contributed by atoms with Crippen LogP contribution >= 0.6 is 0 Å². The molecule has 180 valence electrons. The predicted molar refractivity (Wildman–Crippen MR) is 119 cm³/mol. The van der Waals surface area contributed by atoms with E-state index in [0.717, 1.165) is 31.0 Å². The molecule has 2 aromatic carbocycles. The molecule has 1 saturated heterocycles. The van der Waals surface area contributed by atoms with Crippen LogP contribution in [-0.4, -0.2) is 49.9 Å². The van der Waals surface area contributed by atoms with Gasteiger partial charge in [0, 0.05) is 23.8 Å².